The van der Waals surface area contributed by atoms with Crippen LogP contribution in [0.25, 0.3) is 0 Å². The molecule has 5 nitrogen and oxygen atoms in total. The fraction of sp³-hybridized carbons (Fsp3) is 0.581. The molecule has 3 saturated heterocycles. The maximum Gasteiger partial charge on any atom is 0.227 e. The van der Waals surface area contributed by atoms with Crippen LogP contribution < -0.4 is 4.74 Å². The van der Waals surface area contributed by atoms with Crippen LogP contribution >= 0.6 is 23.2 Å². The van der Waals surface area contributed by atoms with E-state index in [1.807, 2.05) is 41.3 Å². The number of rotatable bonds is 8. The van der Waals surface area contributed by atoms with Crippen molar-refractivity contribution in [2.75, 3.05) is 52.9 Å². The van der Waals surface area contributed by atoms with E-state index in [4.69, 9.17) is 27.9 Å². The number of para-hydroxylation sites is 1. The first-order chi connectivity index (χ1) is 18.5. The fourth-order valence-electron chi connectivity index (χ4n) is 6.78. The Hall–Kier alpha value is -1.79. The molecule has 5 rings (SSSR count). The standard InChI is InChI=1S/C31H41Cl2N3O2/c1-38-29-8-4-3-7-24(29)21-30(37)36-20-14-31(23-36,25-9-10-27(32)28(33)22-25)13-19-34-17-11-26(12-18-34)35-15-5-2-6-16-35/h3-4,7-10,22,26H,2,5-6,11-21,23H2,1H3. The summed E-state index contributed by atoms with van der Waals surface area (Å²) < 4.78 is 5.49. The van der Waals surface area contributed by atoms with Crippen LogP contribution in [0, 0.1) is 0 Å². The van der Waals surface area contributed by atoms with Gasteiger partial charge in [0.2, 0.25) is 5.91 Å². The van der Waals surface area contributed by atoms with Gasteiger partial charge in [0.25, 0.3) is 0 Å². The first-order valence-corrected chi connectivity index (χ1v) is 15.0. The molecule has 0 radical (unpaired) electrons. The zero-order valence-corrected chi connectivity index (χ0v) is 24.2. The molecule has 0 bridgehead atoms. The second-order valence-corrected chi connectivity index (χ2v) is 12.2. The minimum Gasteiger partial charge on any atom is -0.496 e. The van der Waals surface area contributed by atoms with E-state index in [9.17, 15) is 4.79 Å². The SMILES string of the molecule is COc1ccccc1CC(=O)N1CCC(CCN2CCC(N3CCCCC3)CC2)(c2ccc(Cl)c(Cl)c2)C1. The van der Waals surface area contributed by atoms with Crippen molar-refractivity contribution in [1.29, 1.82) is 0 Å². The smallest absolute Gasteiger partial charge is 0.227 e. The summed E-state index contributed by atoms with van der Waals surface area (Å²) >= 11 is 12.8. The van der Waals surface area contributed by atoms with E-state index in [2.05, 4.69) is 15.9 Å². The van der Waals surface area contributed by atoms with Gasteiger partial charge in [0, 0.05) is 30.1 Å². The van der Waals surface area contributed by atoms with E-state index in [1.54, 1.807) is 7.11 Å². The summed E-state index contributed by atoms with van der Waals surface area (Å²) in [4.78, 5) is 20.8. The highest BCUT2D eigenvalue weighted by Crippen LogP contribution is 2.41. The normalized spacial score (nSPS) is 23.6. The number of piperidine rings is 2. The first kappa shape index (κ1) is 27.8. The number of nitrogens with zero attached hydrogens (tertiary/aromatic N) is 3. The number of methoxy groups -OCH3 is 1. The Labute approximate surface area is 238 Å². The summed E-state index contributed by atoms with van der Waals surface area (Å²) in [6, 6.07) is 14.6. The Bertz CT molecular complexity index is 1100. The van der Waals surface area contributed by atoms with E-state index in [0.717, 1.165) is 56.4 Å². The molecule has 0 aromatic heterocycles. The highest BCUT2D eigenvalue weighted by atomic mass is 35.5. The molecule has 0 N–H and O–H groups in total. The summed E-state index contributed by atoms with van der Waals surface area (Å²) in [5.74, 6) is 0.919. The van der Waals surface area contributed by atoms with Crippen molar-refractivity contribution in [2.24, 2.45) is 0 Å². The summed E-state index contributed by atoms with van der Waals surface area (Å²) in [5, 5.41) is 1.16. The van der Waals surface area contributed by atoms with Gasteiger partial charge in [-0.15, -0.1) is 0 Å². The van der Waals surface area contributed by atoms with E-state index < -0.39 is 0 Å². The number of halogens is 2. The van der Waals surface area contributed by atoms with Crippen molar-refractivity contribution in [2.45, 2.75) is 62.8 Å². The van der Waals surface area contributed by atoms with Crippen molar-refractivity contribution in [3.8, 4) is 5.75 Å². The number of benzene rings is 2. The highest BCUT2D eigenvalue weighted by Gasteiger charge is 2.42. The van der Waals surface area contributed by atoms with E-state index in [1.165, 1.54) is 50.8 Å². The molecule has 3 fully saturated rings. The van der Waals surface area contributed by atoms with E-state index in [0.29, 0.717) is 23.0 Å². The van der Waals surface area contributed by atoms with Gasteiger partial charge in [-0.3, -0.25) is 4.79 Å². The number of hydrogen-bond acceptors (Lipinski definition) is 4. The Morgan fingerprint density at radius 2 is 1.74 bits per heavy atom. The fourth-order valence-corrected chi connectivity index (χ4v) is 7.08. The van der Waals surface area contributed by atoms with Gasteiger partial charge < -0.3 is 19.4 Å². The topological polar surface area (TPSA) is 36.0 Å². The van der Waals surface area contributed by atoms with Crippen LogP contribution in [-0.2, 0) is 16.6 Å². The second kappa shape index (κ2) is 12.6. The number of ether oxygens (including phenoxy) is 1. The predicted octanol–water partition coefficient (Wildman–Crippen LogP) is 6.06. The maximum absolute atomic E-state index is 13.4. The Morgan fingerprint density at radius 3 is 2.47 bits per heavy atom. The zero-order valence-electron chi connectivity index (χ0n) is 22.6. The highest BCUT2D eigenvalue weighted by molar-refractivity contribution is 6.42. The predicted molar refractivity (Wildman–Crippen MR) is 156 cm³/mol. The molecule has 3 aliphatic heterocycles. The van der Waals surface area contributed by atoms with Gasteiger partial charge in [0.05, 0.1) is 23.6 Å². The molecular formula is C31H41Cl2N3O2. The average Bonchev–Trinajstić information content (AvgIpc) is 3.40. The number of carbonyl (C=O) groups is 1. The average molecular weight is 559 g/mol. The van der Waals surface area contributed by atoms with Gasteiger partial charge in [-0.05, 0) is 95.0 Å². The van der Waals surface area contributed by atoms with Crippen LogP contribution in [0.2, 0.25) is 10.0 Å². The molecule has 2 aromatic carbocycles. The van der Waals surface area contributed by atoms with Gasteiger partial charge >= 0.3 is 0 Å². The summed E-state index contributed by atoms with van der Waals surface area (Å²) in [6.45, 7) is 7.40. The van der Waals surface area contributed by atoms with Crippen LogP contribution in [0.3, 0.4) is 0 Å². The lowest BCUT2D eigenvalue weighted by Gasteiger charge is -2.41. The van der Waals surface area contributed by atoms with Crippen molar-refractivity contribution in [3.63, 3.8) is 0 Å². The molecular weight excluding hydrogens is 517 g/mol. The Balaban J connectivity index is 1.25. The van der Waals surface area contributed by atoms with E-state index >= 15 is 0 Å². The largest absolute Gasteiger partial charge is 0.496 e. The van der Waals surface area contributed by atoms with Crippen LogP contribution in [-0.4, -0.2) is 79.6 Å². The molecule has 0 saturated carbocycles. The van der Waals surface area contributed by atoms with Crippen molar-refractivity contribution in [3.05, 3.63) is 63.6 Å². The molecule has 3 aliphatic rings. The third kappa shape index (κ3) is 6.33. The van der Waals surface area contributed by atoms with Gasteiger partial charge in [-0.1, -0.05) is 53.9 Å². The van der Waals surface area contributed by atoms with Crippen molar-refractivity contribution < 1.29 is 9.53 Å². The maximum atomic E-state index is 13.4. The molecule has 2 aromatic rings. The third-order valence-corrected chi connectivity index (χ3v) is 9.88. The molecule has 206 valence electrons. The lowest BCUT2D eigenvalue weighted by atomic mass is 9.76. The van der Waals surface area contributed by atoms with E-state index in [-0.39, 0.29) is 11.3 Å². The lowest BCUT2D eigenvalue weighted by molar-refractivity contribution is -0.129. The lowest BCUT2D eigenvalue weighted by Crippen LogP contribution is -2.47. The molecule has 38 heavy (non-hydrogen) atoms. The second-order valence-electron chi connectivity index (χ2n) is 11.4. The molecule has 1 unspecified atom stereocenters. The Morgan fingerprint density at radius 1 is 0.974 bits per heavy atom. The molecule has 0 spiro atoms. The van der Waals surface area contributed by atoms with Crippen molar-refractivity contribution >= 4 is 29.1 Å². The van der Waals surface area contributed by atoms with Gasteiger partial charge in [0.15, 0.2) is 0 Å². The first-order valence-electron chi connectivity index (χ1n) is 14.3. The monoisotopic (exact) mass is 557 g/mol. The summed E-state index contributed by atoms with van der Waals surface area (Å²) in [5.41, 5.74) is 2.01. The minimum atomic E-state index is -0.117. The van der Waals surface area contributed by atoms with Gasteiger partial charge in [0.1, 0.15) is 5.75 Å². The number of amides is 1. The third-order valence-electron chi connectivity index (χ3n) is 9.14. The molecule has 0 aliphatic carbocycles. The summed E-state index contributed by atoms with van der Waals surface area (Å²) in [7, 11) is 1.66. The summed E-state index contributed by atoms with van der Waals surface area (Å²) in [6.07, 6.45) is 8.95. The molecule has 7 heteroatoms. The minimum absolute atomic E-state index is 0.117. The van der Waals surface area contributed by atoms with Gasteiger partial charge in [-0.2, -0.15) is 0 Å². The van der Waals surface area contributed by atoms with Crippen LogP contribution in [0.5, 0.6) is 5.75 Å². The molecule has 1 atom stereocenters. The van der Waals surface area contributed by atoms with Crippen LogP contribution in [0.4, 0.5) is 0 Å². The molecule has 3 heterocycles. The van der Waals surface area contributed by atoms with Crippen molar-refractivity contribution in [1.82, 2.24) is 14.7 Å². The number of likely N-dealkylation sites (tertiary alicyclic amines) is 3. The quantitative estimate of drug-likeness (QED) is 0.395. The number of carbonyl (C=O) groups excluding carboxylic acids is 1. The zero-order chi connectivity index (χ0) is 26.5. The van der Waals surface area contributed by atoms with Gasteiger partial charge in [-0.25, -0.2) is 0 Å². The van der Waals surface area contributed by atoms with Crippen LogP contribution in [0.1, 0.15) is 56.1 Å². The number of hydrogen-bond donors (Lipinski definition) is 0. The van der Waals surface area contributed by atoms with Crippen LogP contribution in [0.15, 0.2) is 42.5 Å². The Kier molecular flexibility index (Phi) is 9.20. The molecule has 1 amide bonds.